The summed E-state index contributed by atoms with van der Waals surface area (Å²) in [6.07, 6.45) is 2.96. The molecule has 1 N–H and O–H groups in total. The van der Waals surface area contributed by atoms with Crippen molar-refractivity contribution in [1.82, 2.24) is 5.32 Å². The van der Waals surface area contributed by atoms with Gasteiger partial charge in [-0.25, -0.2) is 0 Å². The summed E-state index contributed by atoms with van der Waals surface area (Å²) in [6, 6.07) is 6.36. The monoisotopic (exact) mass is 259 g/mol. The van der Waals surface area contributed by atoms with E-state index in [-0.39, 0.29) is 0 Å². The summed E-state index contributed by atoms with van der Waals surface area (Å²) in [7, 11) is 0. The third kappa shape index (κ3) is 3.06. The van der Waals surface area contributed by atoms with Gasteiger partial charge in [-0.05, 0) is 35.9 Å². The van der Waals surface area contributed by atoms with Gasteiger partial charge in [0, 0.05) is 18.5 Å². The number of benzene rings is 1. The lowest BCUT2D eigenvalue weighted by Crippen LogP contribution is -2.23. The summed E-state index contributed by atoms with van der Waals surface area (Å²) in [4.78, 5) is 12.2. The van der Waals surface area contributed by atoms with Crippen LogP contribution in [0.5, 0.6) is 0 Å². The standard InChI is InChI=1S/C17H25NO/c1-4-8-18-11-13-6-7-15-16(9-13)12(3)14(5-2)10-17(15)19/h6-7,9,12,14,18H,4-5,8,10-11H2,1-3H3. The Bertz CT molecular complexity index is 453. The van der Waals surface area contributed by atoms with E-state index < -0.39 is 0 Å². The summed E-state index contributed by atoms with van der Waals surface area (Å²) in [6.45, 7) is 8.57. The van der Waals surface area contributed by atoms with E-state index in [2.05, 4.69) is 38.2 Å². The Balaban J connectivity index is 2.22. The highest BCUT2D eigenvalue weighted by Crippen LogP contribution is 2.37. The van der Waals surface area contributed by atoms with Crippen molar-refractivity contribution in [3.63, 3.8) is 0 Å². The molecule has 1 aliphatic rings. The fourth-order valence-electron chi connectivity index (χ4n) is 3.04. The number of fused-ring (bicyclic) bond motifs is 1. The molecule has 1 aromatic rings. The van der Waals surface area contributed by atoms with Gasteiger partial charge in [-0.2, -0.15) is 0 Å². The first-order valence-electron chi connectivity index (χ1n) is 7.54. The number of carbonyl (C=O) groups is 1. The lowest BCUT2D eigenvalue weighted by Gasteiger charge is -2.30. The zero-order valence-electron chi connectivity index (χ0n) is 12.3. The molecule has 0 aromatic heterocycles. The van der Waals surface area contributed by atoms with Crippen molar-refractivity contribution in [1.29, 1.82) is 0 Å². The Kier molecular flexibility index (Phi) is 4.76. The first-order chi connectivity index (χ1) is 9.17. The van der Waals surface area contributed by atoms with E-state index in [0.717, 1.165) is 37.9 Å². The Morgan fingerprint density at radius 1 is 1.32 bits per heavy atom. The van der Waals surface area contributed by atoms with Crippen LogP contribution in [0.25, 0.3) is 0 Å². The van der Waals surface area contributed by atoms with E-state index in [4.69, 9.17) is 0 Å². The van der Waals surface area contributed by atoms with E-state index in [1.165, 1.54) is 11.1 Å². The van der Waals surface area contributed by atoms with Gasteiger partial charge in [-0.15, -0.1) is 0 Å². The van der Waals surface area contributed by atoms with E-state index >= 15 is 0 Å². The van der Waals surface area contributed by atoms with Gasteiger partial charge in [0.2, 0.25) is 0 Å². The van der Waals surface area contributed by atoms with Gasteiger partial charge < -0.3 is 5.32 Å². The molecule has 0 saturated carbocycles. The van der Waals surface area contributed by atoms with Crippen molar-refractivity contribution in [2.45, 2.75) is 52.5 Å². The molecule has 0 fully saturated rings. The highest BCUT2D eigenvalue weighted by atomic mass is 16.1. The van der Waals surface area contributed by atoms with Gasteiger partial charge >= 0.3 is 0 Å². The number of Topliss-reactive ketones (excluding diaryl/α,β-unsaturated/α-hetero) is 1. The van der Waals surface area contributed by atoms with Crippen molar-refractivity contribution >= 4 is 5.78 Å². The SMILES string of the molecule is CCCNCc1ccc2c(c1)C(C)C(CC)CC2=O. The van der Waals surface area contributed by atoms with E-state index in [0.29, 0.717) is 17.6 Å². The van der Waals surface area contributed by atoms with Crippen molar-refractivity contribution in [3.05, 3.63) is 34.9 Å². The van der Waals surface area contributed by atoms with Crippen LogP contribution in [0.2, 0.25) is 0 Å². The van der Waals surface area contributed by atoms with E-state index in [9.17, 15) is 4.79 Å². The molecule has 0 spiro atoms. The molecule has 2 atom stereocenters. The quantitative estimate of drug-likeness (QED) is 0.812. The normalized spacial score (nSPS) is 22.4. The molecule has 0 radical (unpaired) electrons. The number of carbonyl (C=O) groups excluding carboxylic acids is 1. The molecule has 2 nitrogen and oxygen atoms in total. The molecule has 19 heavy (non-hydrogen) atoms. The maximum atomic E-state index is 12.2. The minimum atomic E-state index is 0.327. The smallest absolute Gasteiger partial charge is 0.163 e. The van der Waals surface area contributed by atoms with Crippen molar-refractivity contribution in [2.75, 3.05) is 6.54 Å². The van der Waals surface area contributed by atoms with Crippen LogP contribution in [-0.4, -0.2) is 12.3 Å². The molecule has 2 heteroatoms. The molecule has 0 heterocycles. The molecule has 0 amide bonds. The summed E-state index contributed by atoms with van der Waals surface area (Å²) < 4.78 is 0. The summed E-state index contributed by atoms with van der Waals surface area (Å²) in [5.74, 6) is 1.34. The van der Waals surface area contributed by atoms with Crippen molar-refractivity contribution in [3.8, 4) is 0 Å². The first-order valence-corrected chi connectivity index (χ1v) is 7.54. The zero-order valence-corrected chi connectivity index (χ0v) is 12.3. The predicted octanol–water partition coefficient (Wildman–Crippen LogP) is 3.90. The molecule has 1 aromatic carbocycles. The Morgan fingerprint density at radius 3 is 2.79 bits per heavy atom. The fraction of sp³-hybridized carbons (Fsp3) is 0.588. The molecule has 2 rings (SSSR count). The lowest BCUT2D eigenvalue weighted by atomic mass is 9.74. The van der Waals surface area contributed by atoms with Crippen LogP contribution in [-0.2, 0) is 6.54 Å². The first kappa shape index (κ1) is 14.3. The molecule has 1 aliphatic carbocycles. The highest BCUT2D eigenvalue weighted by Gasteiger charge is 2.30. The number of ketones is 1. The maximum absolute atomic E-state index is 12.2. The number of hydrogen-bond donors (Lipinski definition) is 1. The Labute approximate surface area is 116 Å². The topological polar surface area (TPSA) is 29.1 Å². The molecule has 104 valence electrons. The van der Waals surface area contributed by atoms with Gasteiger partial charge in [0.25, 0.3) is 0 Å². The number of nitrogens with one attached hydrogen (secondary N) is 1. The third-order valence-corrected chi connectivity index (χ3v) is 4.34. The molecule has 0 bridgehead atoms. The molecule has 0 aliphatic heterocycles. The number of rotatable bonds is 5. The fourth-order valence-corrected chi connectivity index (χ4v) is 3.04. The molecular formula is C17H25NO. The lowest BCUT2D eigenvalue weighted by molar-refractivity contribution is 0.0937. The summed E-state index contributed by atoms with van der Waals surface area (Å²) in [5, 5.41) is 3.42. The van der Waals surface area contributed by atoms with Gasteiger partial charge in [0.05, 0.1) is 0 Å². The summed E-state index contributed by atoms with van der Waals surface area (Å²) in [5.41, 5.74) is 3.51. The second kappa shape index (κ2) is 6.33. The second-order valence-corrected chi connectivity index (χ2v) is 5.68. The van der Waals surface area contributed by atoms with Crippen molar-refractivity contribution < 1.29 is 4.79 Å². The highest BCUT2D eigenvalue weighted by molar-refractivity contribution is 5.99. The van der Waals surface area contributed by atoms with Crippen molar-refractivity contribution in [2.24, 2.45) is 5.92 Å². The molecule has 2 unspecified atom stereocenters. The van der Waals surface area contributed by atoms with Gasteiger partial charge in [-0.1, -0.05) is 45.4 Å². The van der Waals surface area contributed by atoms with Crippen LogP contribution >= 0.6 is 0 Å². The van der Waals surface area contributed by atoms with Crippen LogP contribution in [0.4, 0.5) is 0 Å². The van der Waals surface area contributed by atoms with E-state index in [1.807, 2.05) is 6.07 Å². The van der Waals surface area contributed by atoms with Gasteiger partial charge in [0.1, 0.15) is 0 Å². The van der Waals surface area contributed by atoms with E-state index in [1.54, 1.807) is 0 Å². The second-order valence-electron chi connectivity index (χ2n) is 5.68. The van der Waals surface area contributed by atoms with Crippen LogP contribution in [0.1, 0.15) is 67.4 Å². The minimum absolute atomic E-state index is 0.327. The average molecular weight is 259 g/mol. The Morgan fingerprint density at radius 2 is 2.11 bits per heavy atom. The van der Waals surface area contributed by atoms with Gasteiger partial charge in [0.15, 0.2) is 5.78 Å². The summed E-state index contributed by atoms with van der Waals surface area (Å²) >= 11 is 0. The van der Waals surface area contributed by atoms with Crippen LogP contribution in [0.3, 0.4) is 0 Å². The third-order valence-electron chi connectivity index (χ3n) is 4.34. The Hall–Kier alpha value is -1.15. The number of hydrogen-bond acceptors (Lipinski definition) is 2. The molecule has 0 saturated heterocycles. The zero-order chi connectivity index (χ0) is 13.8. The van der Waals surface area contributed by atoms with Crippen LogP contribution in [0, 0.1) is 5.92 Å². The average Bonchev–Trinajstić information content (AvgIpc) is 2.43. The largest absolute Gasteiger partial charge is 0.313 e. The predicted molar refractivity (Wildman–Crippen MR) is 79.6 cm³/mol. The van der Waals surface area contributed by atoms with Crippen LogP contribution < -0.4 is 5.32 Å². The van der Waals surface area contributed by atoms with Gasteiger partial charge in [-0.3, -0.25) is 4.79 Å². The maximum Gasteiger partial charge on any atom is 0.163 e. The van der Waals surface area contributed by atoms with Crippen LogP contribution in [0.15, 0.2) is 18.2 Å². The molecular weight excluding hydrogens is 234 g/mol. The minimum Gasteiger partial charge on any atom is -0.313 e.